The van der Waals surface area contributed by atoms with Crippen molar-refractivity contribution in [1.82, 2.24) is 0 Å². The first-order valence-corrected chi connectivity index (χ1v) is 8.18. The van der Waals surface area contributed by atoms with Gasteiger partial charge in [0.2, 0.25) is 0 Å². The van der Waals surface area contributed by atoms with Crippen LogP contribution in [0.1, 0.15) is 19.4 Å². The van der Waals surface area contributed by atoms with Gasteiger partial charge in [-0.15, -0.1) is 0 Å². The molecule has 1 aromatic carbocycles. The molecule has 0 atom stereocenters. The molecule has 0 unspecified atom stereocenters. The fraction of sp³-hybridized carbons (Fsp3) is 0.500. The van der Waals surface area contributed by atoms with Crippen molar-refractivity contribution in [2.45, 2.75) is 26.4 Å². The van der Waals surface area contributed by atoms with Crippen molar-refractivity contribution in [2.75, 3.05) is 13.2 Å². The first kappa shape index (κ1) is 13.2. The maximum atomic E-state index is 9.72. The van der Waals surface area contributed by atoms with Crippen molar-refractivity contribution in [3.63, 3.8) is 0 Å². The predicted molar refractivity (Wildman–Crippen MR) is 66.7 cm³/mol. The van der Waals surface area contributed by atoms with E-state index < -0.39 is 8.56 Å². The zero-order valence-corrected chi connectivity index (χ0v) is 11.2. The summed E-state index contributed by atoms with van der Waals surface area (Å²) in [6.45, 7) is 7.27. The Labute approximate surface area is 98.3 Å². The lowest BCUT2D eigenvalue weighted by Gasteiger charge is -2.26. The van der Waals surface area contributed by atoms with E-state index in [9.17, 15) is 5.11 Å². The zero-order chi connectivity index (χ0) is 12.0. The average molecular weight is 240 g/mol. The third kappa shape index (κ3) is 3.63. The molecular formula is C12H20O3Si. The van der Waals surface area contributed by atoms with Crippen LogP contribution in [0.15, 0.2) is 24.3 Å². The van der Waals surface area contributed by atoms with Crippen molar-refractivity contribution < 1.29 is 14.0 Å². The smallest absolute Gasteiger partial charge is 0.339 e. The normalized spacial score (nSPS) is 11.7. The molecular weight excluding hydrogens is 220 g/mol. The van der Waals surface area contributed by atoms with Crippen LogP contribution in [0.3, 0.4) is 0 Å². The van der Waals surface area contributed by atoms with Crippen LogP contribution < -0.4 is 0 Å². The van der Waals surface area contributed by atoms with E-state index in [0.717, 1.165) is 5.56 Å². The van der Waals surface area contributed by atoms with Crippen LogP contribution in [0.4, 0.5) is 0 Å². The van der Waals surface area contributed by atoms with Crippen molar-refractivity contribution in [3.05, 3.63) is 29.8 Å². The topological polar surface area (TPSA) is 38.7 Å². The molecule has 3 nitrogen and oxygen atoms in total. The van der Waals surface area contributed by atoms with Gasteiger partial charge in [0.15, 0.2) is 0 Å². The molecule has 0 aliphatic heterocycles. The Morgan fingerprint density at radius 2 is 1.69 bits per heavy atom. The molecule has 0 amide bonds. The third-order valence-corrected chi connectivity index (χ3v) is 5.22. The van der Waals surface area contributed by atoms with Crippen LogP contribution in [-0.4, -0.2) is 26.9 Å². The van der Waals surface area contributed by atoms with Crippen LogP contribution >= 0.6 is 0 Å². The van der Waals surface area contributed by atoms with Gasteiger partial charge in [-0.05, 0) is 32.0 Å². The molecule has 1 N–H and O–H groups in total. The summed E-state index contributed by atoms with van der Waals surface area (Å²) in [5.41, 5.74) is 0.901. The highest BCUT2D eigenvalue weighted by molar-refractivity contribution is 6.65. The predicted octanol–water partition coefficient (Wildman–Crippen LogP) is 2.62. The molecule has 0 heterocycles. The number of phenols is 1. The molecule has 90 valence electrons. The molecule has 0 bridgehead atoms. The fourth-order valence-corrected chi connectivity index (χ4v) is 4.26. The van der Waals surface area contributed by atoms with Gasteiger partial charge < -0.3 is 14.0 Å². The zero-order valence-electron chi connectivity index (χ0n) is 10.2. The maximum absolute atomic E-state index is 9.72. The Hall–Kier alpha value is -0.843. The van der Waals surface area contributed by atoms with Gasteiger partial charge in [-0.3, -0.25) is 0 Å². The fourth-order valence-electron chi connectivity index (χ4n) is 1.76. The lowest BCUT2D eigenvalue weighted by Crippen LogP contribution is -2.41. The van der Waals surface area contributed by atoms with Crippen molar-refractivity contribution >= 4 is 8.56 Å². The molecule has 0 fully saturated rings. The number of phenolic OH excluding ortho intramolecular Hbond substituents is 1. The Morgan fingerprint density at radius 3 is 2.19 bits per heavy atom. The van der Waals surface area contributed by atoms with Crippen molar-refractivity contribution in [1.29, 1.82) is 0 Å². The molecule has 1 rings (SSSR count). The number of hydrogen-bond donors (Lipinski definition) is 1. The molecule has 1 aromatic rings. The van der Waals surface area contributed by atoms with E-state index in [0.29, 0.717) is 25.0 Å². The SMILES string of the molecule is CCO[Si](C)(Cc1ccccc1O)OCC. The Balaban J connectivity index is 2.79. The summed E-state index contributed by atoms with van der Waals surface area (Å²) < 4.78 is 11.5. The molecule has 0 aliphatic carbocycles. The summed E-state index contributed by atoms with van der Waals surface area (Å²) in [5.74, 6) is 0.320. The summed E-state index contributed by atoms with van der Waals surface area (Å²) in [6, 6.07) is 8.03. The van der Waals surface area contributed by atoms with E-state index >= 15 is 0 Å². The standard InChI is InChI=1S/C12H20O3Si/c1-4-14-16(3,15-5-2)10-11-8-6-7-9-12(11)13/h6-9,13H,4-5,10H2,1-3H3. The van der Waals surface area contributed by atoms with Gasteiger partial charge in [0, 0.05) is 19.3 Å². The van der Waals surface area contributed by atoms with E-state index in [1.807, 2.05) is 38.6 Å². The van der Waals surface area contributed by atoms with Crippen LogP contribution in [0.5, 0.6) is 5.75 Å². The monoisotopic (exact) mass is 240 g/mol. The second-order valence-corrected chi connectivity index (χ2v) is 7.00. The molecule has 16 heavy (non-hydrogen) atoms. The quantitative estimate of drug-likeness (QED) is 0.777. The van der Waals surface area contributed by atoms with Gasteiger partial charge >= 0.3 is 8.56 Å². The molecule has 0 aromatic heterocycles. The summed E-state index contributed by atoms with van der Waals surface area (Å²) >= 11 is 0. The highest BCUT2D eigenvalue weighted by Crippen LogP contribution is 2.22. The molecule has 0 saturated heterocycles. The number of hydrogen-bond acceptors (Lipinski definition) is 3. The molecule has 0 spiro atoms. The molecule has 0 aliphatic rings. The van der Waals surface area contributed by atoms with Gasteiger partial charge in [0.1, 0.15) is 5.75 Å². The van der Waals surface area contributed by atoms with Gasteiger partial charge in [0.05, 0.1) is 0 Å². The summed E-state index contributed by atoms with van der Waals surface area (Å²) in [6.07, 6.45) is 0. The van der Waals surface area contributed by atoms with E-state index in [4.69, 9.17) is 8.85 Å². The lowest BCUT2D eigenvalue weighted by atomic mass is 10.2. The van der Waals surface area contributed by atoms with Gasteiger partial charge in [0.25, 0.3) is 0 Å². The maximum Gasteiger partial charge on any atom is 0.339 e. The minimum Gasteiger partial charge on any atom is -0.508 e. The van der Waals surface area contributed by atoms with Gasteiger partial charge in [-0.25, -0.2) is 0 Å². The van der Waals surface area contributed by atoms with Crippen molar-refractivity contribution in [2.24, 2.45) is 0 Å². The molecule has 0 radical (unpaired) electrons. The summed E-state index contributed by atoms with van der Waals surface area (Å²) in [7, 11) is -2.18. The Bertz CT molecular complexity index is 322. The van der Waals surface area contributed by atoms with Crippen LogP contribution in [0.25, 0.3) is 0 Å². The van der Waals surface area contributed by atoms with E-state index in [-0.39, 0.29) is 0 Å². The Kier molecular flexibility index (Phi) is 4.98. The van der Waals surface area contributed by atoms with E-state index in [2.05, 4.69) is 0 Å². The highest BCUT2D eigenvalue weighted by Gasteiger charge is 2.31. The third-order valence-electron chi connectivity index (χ3n) is 2.40. The van der Waals surface area contributed by atoms with E-state index in [1.54, 1.807) is 6.07 Å². The minimum absolute atomic E-state index is 0.320. The number of para-hydroxylation sites is 1. The summed E-state index contributed by atoms with van der Waals surface area (Å²) in [4.78, 5) is 0. The largest absolute Gasteiger partial charge is 0.508 e. The van der Waals surface area contributed by atoms with Gasteiger partial charge in [-0.2, -0.15) is 0 Å². The van der Waals surface area contributed by atoms with Crippen LogP contribution in [0.2, 0.25) is 6.55 Å². The van der Waals surface area contributed by atoms with E-state index in [1.165, 1.54) is 0 Å². The van der Waals surface area contributed by atoms with Crippen LogP contribution in [0, 0.1) is 0 Å². The Morgan fingerprint density at radius 1 is 1.12 bits per heavy atom. The minimum atomic E-state index is -2.18. The summed E-state index contributed by atoms with van der Waals surface area (Å²) in [5, 5.41) is 9.72. The highest BCUT2D eigenvalue weighted by atomic mass is 28.4. The lowest BCUT2D eigenvalue weighted by molar-refractivity contribution is 0.188. The second-order valence-electron chi connectivity index (χ2n) is 3.81. The molecule has 0 saturated carbocycles. The van der Waals surface area contributed by atoms with Crippen molar-refractivity contribution in [3.8, 4) is 5.75 Å². The second kappa shape index (κ2) is 6.03. The average Bonchev–Trinajstić information content (AvgIpc) is 2.22. The number of aromatic hydroxyl groups is 1. The van der Waals surface area contributed by atoms with Gasteiger partial charge in [-0.1, -0.05) is 18.2 Å². The number of rotatable bonds is 6. The first-order valence-electron chi connectivity index (χ1n) is 5.66. The first-order chi connectivity index (χ1) is 7.61. The molecule has 4 heteroatoms. The number of benzene rings is 1. The van der Waals surface area contributed by atoms with Crippen LogP contribution in [-0.2, 0) is 14.9 Å².